The molecule has 190 valence electrons. The highest BCUT2D eigenvalue weighted by Gasteiger charge is 2.42. The van der Waals surface area contributed by atoms with Gasteiger partial charge in [0.05, 0.1) is 5.71 Å². The number of hydrogen-bond donors (Lipinski definition) is 2. The van der Waals surface area contributed by atoms with Crippen LogP contribution in [0.2, 0.25) is 0 Å². The van der Waals surface area contributed by atoms with Gasteiger partial charge in [0.15, 0.2) is 0 Å². The van der Waals surface area contributed by atoms with E-state index in [0.717, 1.165) is 48.1 Å². The minimum atomic E-state index is -0.130. The molecule has 1 unspecified atom stereocenters. The zero-order valence-electron chi connectivity index (χ0n) is 21.0. The lowest BCUT2D eigenvalue weighted by molar-refractivity contribution is -0.131. The highest BCUT2D eigenvalue weighted by Crippen LogP contribution is 2.42. The number of fused-ring (bicyclic) bond motifs is 2. The molecule has 2 fully saturated rings. The summed E-state index contributed by atoms with van der Waals surface area (Å²) in [6.45, 7) is 3.55. The third kappa shape index (κ3) is 5.07. The number of carbonyl (C=O) groups excluding carboxylic acids is 1. The third-order valence-corrected chi connectivity index (χ3v) is 8.37. The predicted octanol–water partition coefficient (Wildman–Crippen LogP) is 4.57. The minimum Gasteiger partial charge on any atom is -0.402 e. The van der Waals surface area contributed by atoms with Gasteiger partial charge in [0, 0.05) is 78.8 Å². The molecule has 0 saturated carbocycles. The summed E-state index contributed by atoms with van der Waals surface area (Å²) in [4.78, 5) is 21.8. The SMILES string of the molecule is Cc1cc(C(=N)C2=C(N)CCN(C(=O)CC[C@H]3CCC4CC[C@@H]3N4Cc3ccccc3F)C2)ccn1. The molecule has 36 heavy (non-hydrogen) atoms. The average molecular weight is 490 g/mol. The van der Waals surface area contributed by atoms with Crippen molar-refractivity contribution >= 4 is 11.6 Å². The predicted molar refractivity (Wildman–Crippen MR) is 139 cm³/mol. The Bertz CT molecular complexity index is 1180. The second-order valence-electron chi connectivity index (χ2n) is 10.6. The van der Waals surface area contributed by atoms with Crippen molar-refractivity contribution in [3.05, 3.63) is 76.5 Å². The molecule has 2 saturated heterocycles. The van der Waals surface area contributed by atoms with E-state index in [2.05, 4.69) is 9.88 Å². The van der Waals surface area contributed by atoms with Crippen LogP contribution in [0.4, 0.5) is 4.39 Å². The van der Waals surface area contributed by atoms with Gasteiger partial charge < -0.3 is 10.6 Å². The van der Waals surface area contributed by atoms with Crippen molar-refractivity contribution in [1.82, 2.24) is 14.8 Å². The second-order valence-corrected chi connectivity index (χ2v) is 10.6. The summed E-state index contributed by atoms with van der Waals surface area (Å²) < 4.78 is 14.3. The van der Waals surface area contributed by atoms with Gasteiger partial charge >= 0.3 is 0 Å². The Morgan fingerprint density at radius 2 is 2.00 bits per heavy atom. The van der Waals surface area contributed by atoms with Crippen LogP contribution in [0, 0.1) is 24.1 Å². The normalized spacial score (nSPS) is 24.3. The number of nitrogens with two attached hydrogens (primary N) is 1. The molecular formula is C29H36FN5O. The van der Waals surface area contributed by atoms with E-state index in [4.69, 9.17) is 11.1 Å². The van der Waals surface area contributed by atoms with Crippen LogP contribution < -0.4 is 5.73 Å². The van der Waals surface area contributed by atoms with Gasteiger partial charge in [0.25, 0.3) is 0 Å². The van der Waals surface area contributed by atoms with Gasteiger partial charge in [-0.15, -0.1) is 0 Å². The number of pyridine rings is 1. The van der Waals surface area contributed by atoms with Crippen molar-refractivity contribution in [1.29, 1.82) is 5.41 Å². The molecule has 1 aromatic carbocycles. The Kier molecular flexibility index (Phi) is 7.19. The van der Waals surface area contributed by atoms with E-state index in [0.29, 0.717) is 61.9 Å². The van der Waals surface area contributed by atoms with Crippen LogP contribution >= 0.6 is 0 Å². The zero-order valence-corrected chi connectivity index (χ0v) is 21.0. The first-order valence-corrected chi connectivity index (χ1v) is 13.2. The summed E-state index contributed by atoms with van der Waals surface area (Å²) in [5, 5.41) is 8.69. The number of halogens is 1. The molecule has 0 aliphatic carbocycles. The number of piperidine rings is 1. The maximum atomic E-state index is 14.3. The van der Waals surface area contributed by atoms with Gasteiger partial charge in [-0.2, -0.15) is 0 Å². The molecule has 4 heterocycles. The number of rotatable bonds is 7. The Morgan fingerprint density at radius 3 is 2.81 bits per heavy atom. The Morgan fingerprint density at radius 1 is 1.19 bits per heavy atom. The maximum absolute atomic E-state index is 14.3. The topological polar surface area (TPSA) is 86.3 Å². The van der Waals surface area contributed by atoms with Gasteiger partial charge in [-0.3, -0.25) is 20.1 Å². The smallest absolute Gasteiger partial charge is 0.222 e. The van der Waals surface area contributed by atoms with Crippen LogP contribution in [0.3, 0.4) is 0 Å². The number of aryl methyl sites for hydroxylation is 1. The first-order valence-electron chi connectivity index (χ1n) is 13.2. The fourth-order valence-electron chi connectivity index (χ4n) is 6.36. The highest BCUT2D eigenvalue weighted by atomic mass is 19.1. The van der Waals surface area contributed by atoms with Gasteiger partial charge in [0.2, 0.25) is 5.91 Å². The van der Waals surface area contributed by atoms with Crippen LogP contribution in [0.1, 0.15) is 61.8 Å². The number of benzene rings is 1. The summed E-state index contributed by atoms with van der Waals surface area (Å²) in [6.07, 6.45) is 8.23. The van der Waals surface area contributed by atoms with E-state index in [1.807, 2.05) is 36.1 Å². The third-order valence-electron chi connectivity index (χ3n) is 8.37. The largest absolute Gasteiger partial charge is 0.402 e. The molecule has 3 atom stereocenters. The quantitative estimate of drug-likeness (QED) is 0.558. The summed E-state index contributed by atoms with van der Waals surface area (Å²) in [5.41, 5.74) is 10.5. The van der Waals surface area contributed by atoms with Crippen LogP contribution in [0.5, 0.6) is 0 Å². The molecule has 0 radical (unpaired) electrons. The molecule has 3 aliphatic heterocycles. The summed E-state index contributed by atoms with van der Waals surface area (Å²) in [6, 6.07) is 11.7. The van der Waals surface area contributed by atoms with E-state index in [9.17, 15) is 9.18 Å². The minimum absolute atomic E-state index is 0.130. The van der Waals surface area contributed by atoms with Crippen LogP contribution in [0.25, 0.3) is 0 Å². The standard InChI is InChI=1S/C29H36FN5O/c1-19-16-21(12-14-33-19)29(32)24-18-34(15-13-26(24)31)28(36)11-7-20-6-8-23-9-10-27(20)35(23)17-22-4-2-3-5-25(22)30/h2-5,12,14,16,20,23,27,32H,6-11,13,15,17-18,31H2,1H3/t20-,23?,27+/m1/s1. The molecule has 5 rings (SSSR count). The number of carbonyl (C=O) groups is 1. The lowest BCUT2D eigenvalue weighted by Gasteiger charge is -2.40. The number of amides is 1. The van der Waals surface area contributed by atoms with Crippen molar-refractivity contribution < 1.29 is 9.18 Å². The van der Waals surface area contributed by atoms with Gasteiger partial charge in [0.1, 0.15) is 5.82 Å². The molecule has 3 aliphatic rings. The zero-order chi connectivity index (χ0) is 25.2. The Balaban J connectivity index is 1.20. The maximum Gasteiger partial charge on any atom is 0.222 e. The number of nitrogens with zero attached hydrogens (tertiary/aromatic N) is 3. The molecule has 1 amide bonds. The van der Waals surface area contributed by atoms with Crippen LogP contribution in [0.15, 0.2) is 53.9 Å². The molecule has 1 aromatic heterocycles. The monoisotopic (exact) mass is 489 g/mol. The lowest BCUT2D eigenvalue weighted by atomic mass is 9.86. The van der Waals surface area contributed by atoms with Gasteiger partial charge in [-0.05, 0) is 63.1 Å². The first-order chi connectivity index (χ1) is 17.4. The second kappa shape index (κ2) is 10.5. The number of aromatic nitrogens is 1. The fourth-order valence-corrected chi connectivity index (χ4v) is 6.36. The van der Waals surface area contributed by atoms with Crippen molar-refractivity contribution in [2.24, 2.45) is 11.7 Å². The van der Waals surface area contributed by atoms with Crippen molar-refractivity contribution in [2.45, 2.75) is 70.5 Å². The van der Waals surface area contributed by atoms with E-state index in [1.165, 1.54) is 6.42 Å². The lowest BCUT2D eigenvalue weighted by Crippen LogP contribution is -2.45. The average Bonchev–Trinajstić information content (AvgIpc) is 3.14. The molecular weight excluding hydrogens is 453 g/mol. The Labute approximate surface area is 212 Å². The summed E-state index contributed by atoms with van der Waals surface area (Å²) >= 11 is 0. The molecule has 3 N–H and O–H groups in total. The number of nitrogens with one attached hydrogen (secondary N) is 1. The fraction of sp³-hybridized carbons (Fsp3) is 0.483. The number of hydrogen-bond acceptors (Lipinski definition) is 5. The summed E-state index contributed by atoms with van der Waals surface area (Å²) in [7, 11) is 0. The highest BCUT2D eigenvalue weighted by molar-refractivity contribution is 6.11. The van der Waals surface area contributed by atoms with Crippen molar-refractivity contribution in [2.75, 3.05) is 13.1 Å². The van der Waals surface area contributed by atoms with E-state index < -0.39 is 0 Å². The van der Waals surface area contributed by atoms with Gasteiger partial charge in [-0.25, -0.2) is 4.39 Å². The van der Waals surface area contributed by atoms with E-state index >= 15 is 0 Å². The van der Waals surface area contributed by atoms with Gasteiger partial charge in [-0.1, -0.05) is 18.2 Å². The van der Waals surface area contributed by atoms with Crippen LogP contribution in [-0.4, -0.2) is 51.6 Å². The Hall–Kier alpha value is -3.06. The van der Waals surface area contributed by atoms with Crippen molar-refractivity contribution in [3.63, 3.8) is 0 Å². The van der Waals surface area contributed by atoms with E-state index in [1.54, 1.807) is 18.3 Å². The molecule has 2 aromatic rings. The molecule has 6 nitrogen and oxygen atoms in total. The van der Waals surface area contributed by atoms with E-state index in [-0.39, 0.29) is 11.7 Å². The summed E-state index contributed by atoms with van der Waals surface area (Å²) in [5.74, 6) is 0.469. The molecule has 0 spiro atoms. The molecule has 2 bridgehead atoms. The molecule has 7 heteroatoms. The first kappa shape index (κ1) is 24.6. The van der Waals surface area contributed by atoms with Crippen LogP contribution in [-0.2, 0) is 11.3 Å². The van der Waals surface area contributed by atoms with Crippen molar-refractivity contribution in [3.8, 4) is 0 Å².